The van der Waals surface area contributed by atoms with Gasteiger partial charge in [0.25, 0.3) is 0 Å². The highest BCUT2D eigenvalue weighted by Crippen LogP contribution is 2.35. The van der Waals surface area contributed by atoms with Gasteiger partial charge >= 0.3 is 0 Å². The van der Waals surface area contributed by atoms with Crippen LogP contribution in [-0.2, 0) is 0 Å². The van der Waals surface area contributed by atoms with E-state index in [0.29, 0.717) is 17.5 Å². The molecule has 0 radical (unpaired) electrons. The average Bonchev–Trinajstić information content (AvgIpc) is 3.52. The highest BCUT2D eigenvalue weighted by molar-refractivity contribution is 5.86. The first-order chi connectivity index (χ1) is 22.3. The van der Waals surface area contributed by atoms with Crippen LogP contribution in [0, 0.1) is 0 Å². The standard InChI is InChI=1S/C40H27N5/c1-4-14-28(15-5-1)33-20-10-12-22-35(33)45-36-23-13-11-21-34(36)41-40(45)32-26-24-31(25-27-32)39-43-37(29-16-6-2-7-17-29)42-38(44-39)30-18-8-3-9-19-30/h1-27H. The zero-order valence-electron chi connectivity index (χ0n) is 24.3. The molecule has 0 fully saturated rings. The Morgan fingerprint density at radius 2 is 0.778 bits per heavy atom. The predicted octanol–water partition coefficient (Wildman–Crippen LogP) is 9.55. The quantitative estimate of drug-likeness (QED) is 0.197. The second-order valence-electron chi connectivity index (χ2n) is 10.8. The second-order valence-corrected chi connectivity index (χ2v) is 10.8. The number of para-hydroxylation sites is 3. The molecular formula is C40H27N5. The van der Waals surface area contributed by atoms with Crippen LogP contribution in [0.1, 0.15) is 0 Å². The summed E-state index contributed by atoms with van der Waals surface area (Å²) in [6.45, 7) is 0. The highest BCUT2D eigenvalue weighted by atomic mass is 15.1. The van der Waals surface area contributed by atoms with E-state index < -0.39 is 0 Å². The van der Waals surface area contributed by atoms with E-state index in [4.69, 9.17) is 19.9 Å². The molecule has 0 bridgehead atoms. The fraction of sp³-hybridized carbons (Fsp3) is 0. The van der Waals surface area contributed by atoms with Crippen LogP contribution in [0.25, 0.3) is 73.4 Å². The van der Waals surface area contributed by atoms with Crippen molar-refractivity contribution in [1.82, 2.24) is 24.5 Å². The van der Waals surface area contributed by atoms with E-state index in [1.807, 2.05) is 72.8 Å². The van der Waals surface area contributed by atoms with Gasteiger partial charge in [-0.3, -0.25) is 4.57 Å². The van der Waals surface area contributed by atoms with Gasteiger partial charge in [0.05, 0.1) is 16.7 Å². The Bertz CT molecular complexity index is 2180. The van der Waals surface area contributed by atoms with Crippen molar-refractivity contribution in [2.75, 3.05) is 0 Å². The van der Waals surface area contributed by atoms with Gasteiger partial charge in [0.2, 0.25) is 0 Å². The Kier molecular flexibility index (Phi) is 6.74. The third-order valence-corrected chi connectivity index (χ3v) is 7.89. The zero-order chi connectivity index (χ0) is 30.0. The van der Waals surface area contributed by atoms with E-state index in [9.17, 15) is 0 Å². The largest absolute Gasteiger partial charge is 0.292 e. The molecule has 2 aromatic heterocycles. The molecule has 0 atom stereocenters. The number of nitrogens with zero attached hydrogens (tertiary/aromatic N) is 5. The molecule has 5 nitrogen and oxygen atoms in total. The number of rotatable bonds is 6. The lowest BCUT2D eigenvalue weighted by molar-refractivity contribution is 1.07. The zero-order valence-corrected chi connectivity index (χ0v) is 24.3. The summed E-state index contributed by atoms with van der Waals surface area (Å²) in [5, 5.41) is 0. The van der Waals surface area contributed by atoms with Gasteiger partial charge < -0.3 is 0 Å². The molecule has 2 heterocycles. The minimum atomic E-state index is 0.622. The number of aromatic nitrogens is 5. The van der Waals surface area contributed by atoms with Gasteiger partial charge in [0.1, 0.15) is 5.82 Å². The summed E-state index contributed by atoms with van der Waals surface area (Å²) in [6.07, 6.45) is 0. The Morgan fingerprint density at radius 3 is 1.38 bits per heavy atom. The molecule has 0 saturated heterocycles. The summed E-state index contributed by atoms with van der Waals surface area (Å²) >= 11 is 0. The Labute approximate surface area is 261 Å². The molecule has 45 heavy (non-hydrogen) atoms. The number of imidazole rings is 1. The highest BCUT2D eigenvalue weighted by Gasteiger charge is 2.18. The van der Waals surface area contributed by atoms with Crippen molar-refractivity contribution in [1.29, 1.82) is 0 Å². The molecular weight excluding hydrogens is 550 g/mol. The van der Waals surface area contributed by atoms with E-state index in [0.717, 1.165) is 55.9 Å². The van der Waals surface area contributed by atoms with Gasteiger partial charge in [-0.1, -0.05) is 146 Å². The van der Waals surface area contributed by atoms with Crippen LogP contribution >= 0.6 is 0 Å². The van der Waals surface area contributed by atoms with Gasteiger partial charge in [-0.05, 0) is 23.8 Å². The molecule has 8 rings (SSSR count). The first-order valence-electron chi connectivity index (χ1n) is 14.9. The topological polar surface area (TPSA) is 56.5 Å². The maximum atomic E-state index is 5.13. The van der Waals surface area contributed by atoms with E-state index in [-0.39, 0.29) is 0 Å². The number of benzene rings is 6. The molecule has 0 unspecified atom stereocenters. The molecule has 0 N–H and O–H groups in total. The fourth-order valence-electron chi connectivity index (χ4n) is 5.70. The van der Waals surface area contributed by atoms with E-state index in [1.54, 1.807) is 0 Å². The monoisotopic (exact) mass is 577 g/mol. The van der Waals surface area contributed by atoms with Crippen LogP contribution < -0.4 is 0 Å². The molecule has 0 saturated carbocycles. The van der Waals surface area contributed by atoms with Crippen molar-refractivity contribution in [2.45, 2.75) is 0 Å². The summed E-state index contributed by atoms with van der Waals surface area (Å²) < 4.78 is 2.26. The third kappa shape index (κ3) is 5.07. The average molecular weight is 578 g/mol. The lowest BCUT2D eigenvalue weighted by atomic mass is 10.0. The number of hydrogen-bond donors (Lipinski definition) is 0. The summed E-state index contributed by atoms with van der Waals surface area (Å²) in [5.41, 5.74) is 9.17. The first kappa shape index (κ1) is 26.4. The van der Waals surface area contributed by atoms with Crippen molar-refractivity contribution < 1.29 is 0 Å². The van der Waals surface area contributed by atoms with Crippen LogP contribution in [0.2, 0.25) is 0 Å². The van der Waals surface area contributed by atoms with E-state index in [1.165, 1.54) is 0 Å². The molecule has 8 aromatic rings. The van der Waals surface area contributed by atoms with Gasteiger partial charge in [0, 0.05) is 27.8 Å². The smallest absolute Gasteiger partial charge is 0.164 e. The van der Waals surface area contributed by atoms with Crippen LogP contribution in [0.4, 0.5) is 0 Å². The molecule has 0 aliphatic carbocycles. The summed E-state index contributed by atoms with van der Waals surface area (Å²) in [6, 6.07) is 55.7. The minimum absolute atomic E-state index is 0.622. The maximum Gasteiger partial charge on any atom is 0.164 e. The second kappa shape index (κ2) is 11.5. The van der Waals surface area contributed by atoms with Crippen LogP contribution in [0.15, 0.2) is 164 Å². The molecule has 212 valence electrons. The minimum Gasteiger partial charge on any atom is -0.292 e. The Balaban J connectivity index is 1.26. The number of hydrogen-bond acceptors (Lipinski definition) is 4. The first-order valence-corrected chi connectivity index (χ1v) is 14.9. The Morgan fingerprint density at radius 1 is 0.333 bits per heavy atom. The van der Waals surface area contributed by atoms with Gasteiger partial charge in [-0.25, -0.2) is 19.9 Å². The lowest BCUT2D eigenvalue weighted by Gasteiger charge is -2.15. The van der Waals surface area contributed by atoms with E-state index >= 15 is 0 Å². The predicted molar refractivity (Wildman–Crippen MR) is 182 cm³/mol. The lowest BCUT2D eigenvalue weighted by Crippen LogP contribution is -2.01. The van der Waals surface area contributed by atoms with Crippen molar-refractivity contribution >= 4 is 11.0 Å². The van der Waals surface area contributed by atoms with Crippen molar-refractivity contribution in [3.63, 3.8) is 0 Å². The summed E-state index contributed by atoms with van der Waals surface area (Å²) in [5.74, 6) is 2.78. The summed E-state index contributed by atoms with van der Waals surface area (Å²) in [7, 11) is 0. The van der Waals surface area contributed by atoms with Crippen LogP contribution in [0.3, 0.4) is 0 Å². The van der Waals surface area contributed by atoms with Crippen molar-refractivity contribution in [3.8, 4) is 62.4 Å². The van der Waals surface area contributed by atoms with Gasteiger partial charge in [-0.15, -0.1) is 0 Å². The number of fused-ring (bicyclic) bond motifs is 1. The molecule has 6 aromatic carbocycles. The van der Waals surface area contributed by atoms with E-state index in [2.05, 4.69) is 95.6 Å². The molecule has 5 heteroatoms. The van der Waals surface area contributed by atoms with Gasteiger partial charge in [0.15, 0.2) is 17.5 Å². The molecule has 0 aliphatic rings. The normalized spacial score (nSPS) is 11.1. The molecule has 0 spiro atoms. The fourth-order valence-corrected chi connectivity index (χ4v) is 5.70. The van der Waals surface area contributed by atoms with Crippen molar-refractivity contribution in [3.05, 3.63) is 164 Å². The maximum absolute atomic E-state index is 5.13. The molecule has 0 amide bonds. The van der Waals surface area contributed by atoms with Crippen LogP contribution in [0.5, 0.6) is 0 Å². The van der Waals surface area contributed by atoms with Crippen LogP contribution in [-0.4, -0.2) is 24.5 Å². The molecule has 0 aliphatic heterocycles. The third-order valence-electron chi connectivity index (χ3n) is 7.89. The van der Waals surface area contributed by atoms with Gasteiger partial charge in [-0.2, -0.15) is 0 Å². The summed E-state index contributed by atoms with van der Waals surface area (Å²) in [4.78, 5) is 19.8. The Hall–Kier alpha value is -6.20. The van der Waals surface area contributed by atoms with Crippen molar-refractivity contribution in [2.24, 2.45) is 0 Å². The SMILES string of the molecule is c1ccc(-c2nc(-c3ccccc3)nc(-c3ccc(-c4nc5ccccc5n4-c4ccccc4-c4ccccc4)cc3)n2)cc1.